The van der Waals surface area contributed by atoms with Gasteiger partial charge in [-0.15, -0.1) is 0 Å². The molecular weight excluding hydrogens is 292 g/mol. The zero-order chi connectivity index (χ0) is 16.5. The van der Waals surface area contributed by atoms with Gasteiger partial charge >= 0.3 is 0 Å². The van der Waals surface area contributed by atoms with Crippen molar-refractivity contribution in [1.82, 2.24) is 0 Å². The summed E-state index contributed by atoms with van der Waals surface area (Å²) in [7, 11) is 0. The van der Waals surface area contributed by atoms with Crippen LogP contribution in [0.1, 0.15) is 25.0 Å². The van der Waals surface area contributed by atoms with Gasteiger partial charge in [0.25, 0.3) is 0 Å². The van der Waals surface area contributed by atoms with Gasteiger partial charge in [-0.2, -0.15) is 4.57 Å². The number of nitrogens with zero attached hydrogens (tertiary/aromatic N) is 2. The predicted octanol–water partition coefficient (Wildman–Crippen LogP) is 4.57. The summed E-state index contributed by atoms with van der Waals surface area (Å²) in [6.07, 6.45) is 5.54. The van der Waals surface area contributed by atoms with E-state index < -0.39 is 0 Å². The summed E-state index contributed by atoms with van der Waals surface area (Å²) >= 11 is 0. The molecule has 0 atom stereocenters. The van der Waals surface area contributed by atoms with Gasteiger partial charge in [-0.1, -0.05) is 30.3 Å². The molecule has 0 amide bonds. The van der Waals surface area contributed by atoms with Gasteiger partial charge < -0.3 is 4.90 Å². The second-order valence-electron chi connectivity index (χ2n) is 6.28. The lowest BCUT2D eigenvalue weighted by molar-refractivity contribution is -0.667. The Morgan fingerprint density at radius 2 is 1.75 bits per heavy atom. The first-order chi connectivity index (χ1) is 11.8. The van der Waals surface area contributed by atoms with Gasteiger partial charge in [-0.05, 0) is 42.7 Å². The third-order valence-electron chi connectivity index (χ3n) is 4.95. The van der Waals surface area contributed by atoms with Crippen LogP contribution in [0.3, 0.4) is 0 Å². The minimum absolute atomic E-state index is 0.986. The molecule has 0 N–H and O–H groups in total. The minimum Gasteiger partial charge on any atom is -0.348 e. The zero-order valence-corrected chi connectivity index (χ0v) is 14.4. The van der Waals surface area contributed by atoms with Crippen LogP contribution < -0.4 is 9.47 Å². The Morgan fingerprint density at radius 1 is 0.958 bits per heavy atom. The number of aromatic nitrogens is 1. The number of hydrogen-bond donors (Lipinski definition) is 0. The number of anilines is 1. The molecule has 24 heavy (non-hydrogen) atoms. The van der Waals surface area contributed by atoms with Crippen LogP contribution in [0.2, 0.25) is 0 Å². The smallest absolute Gasteiger partial charge is 0.213 e. The molecule has 4 rings (SSSR count). The number of allylic oxidation sites excluding steroid dienone is 1. The van der Waals surface area contributed by atoms with E-state index in [4.69, 9.17) is 0 Å². The highest BCUT2D eigenvalue weighted by molar-refractivity contribution is 5.92. The van der Waals surface area contributed by atoms with E-state index in [0.29, 0.717) is 0 Å². The molecule has 120 valence electrons. The number of fused-ring (bicyclic) bond motifs is 2. The molecule has 0 unspecified atom stereocenters. The monoisotopic (exact) mass is 315 g/mol. The maximum Gasteiger partial charge on any atom is 0.213 e. The van der Waals surface area contributed by atoms with E-state index in [1.807, 2.05) is 0 Å². The highest BCUT2D eigenvalue weighted by Crippen LogP contribution is 2.34. The van der Waals surface area contributed by atoms with Crippen LogP contribution >= 0.6 is 0 Å². The lowest BCUT2D eigenvalue weighted by Gasteiger charge is -2.28. The van der Waals surface area contributed by atoms with E-state index in [1.54, 1.807) is 0 Å². The SMILES string of the molecule is CCN1C=C(c2cc[n+](CC)c3ccccc23)Cc2ccccc21. The largest absolute Gasteiger partial charge is 0.348 e. The number of pyridine rings is 1. The van der Waals surface area contributed by atoms with E-state index >= 15 is 0 Å². The van der Waals surface area contributed by atoms with Crippen molar-refractivity contribution < 1.29 is 4.57 Å². The first-order valence-corrected chi connectivity index (χ1v) is 8.78. The lowest BCUT2D eigenvalue weighted by atomic mass is 9.92. The number of rotatable bonds is 3. The normalized spacial score (nSPS) is 13.8. The average molecular weight is 315 g/mol. The Kier molecular flexibility index (Phi) is 3.81. The molecule has 0 aliphatic carbocycles. The second-order valence-corrected chi connectivity index (χ2v) is 6.28. The summed E-state index contributed by atoms with van der Waals surface area (Å²) < 4.78 is 2.31. The summed E-state index contributed by atoms with van der Waals surface area (Å²) in [5.41, 5.74) is 6.80. The maximum absolute atomic E-state index is 2.36. The summed E-state index contributed by atoms with van der Waals surface area (Å²) in [5, 5.41) is 1.34. The molecule has 1 aliphatic rings. The Hall–Kier alpha value is -2.61. The van der Waals surface area contributed by atoms with Crippen LogP contribution in [0.25, 0.3) is 16.5 Å². The van der Waals surface area contributed by atoms with Gasteiger partial charge in [-0.3, -0.25) is 0 Å². The molecule has 0 bridgehead atoms. The Morgan fingerprint density at radius 3 is 2.58 bits per heavy atom. The summed E-state index contributed by atoms with van der Waals surface area (Å²) in [4.78, 5) is 2.36. The van der Waals surface area contributed by atoms with Gasteiger partial charge in [0.15, 0.2) is 6.20 Å². The molecule has 2 aromatic carbocycles. The predicted molar refractivity (Wildman–Crippen MR) is 101 cm³/mol. The van der Waals surface area contributed by atoms with Crippen LogP contribution in [0.5, 0.6) is 0 Å². The summed E-state index contributed by atoms with van der Waals surface area (Å²) in [6, 6.07) is 19.8. The fraction of sp³-hybridized carbons (Fsp3) is 0.227. The van der Waals surface area contributed by atoms with Gasteiger partial charge in [0.05, 0.1) is 5.39 Å². The molecule has 3 aromatic rings. The van der Waals surface area contributed by atoms with Crippen molar-refractivity contribution in [2.24, 2.45) is 0 Å². The van der Waals surface area contributed by atoms with Crippen molar-refractivity contribution in [3.63, 3.8) is 0 Å². The third-order valence-corrected chi connectivity index (χ3v) is 4.95. The van der Waals surface area contributed by atoms with Crippen LogP contribution in [-0.2, 0) is 13.0 Å². The molecular formula is C22H23N2+. The number of para-hydroxylation sites is 2. The standard InChI is InChI=1S/C22H23N2/c1-3-23-14-13-19(20-10-6-8-12-22(20)23)18-15-17-9-5-7-11-21(17)24(4-2)16-18/h5-14,16H,3-4,15H2,1-2H3/q+1. The van der Waals surface area contributed by atoms with Crippen molar-refractivity contribution in [3.05, 3.63) is 78.1 Å². The highest BCUT2D eigenvalue weighted by atomic mass is 15.1. The van der Waals surface area contributed by atoms with Crippen molar-refractivity contribution in [2.75, 3.05) is 11.4 Å². The minimum atomic E-state index is 0.986. The quantitative estimate of drug-likeness (QED) is 0.642. The van der Waals surface area contributed by atoms with Crippen LogP contribution in [0, 0.1) is 0 Å². The molecule has 0 saturated heterocycles. The zero-order valence-electron chi connectivity index (χ0n) is 14.4. The summed E-state index contributed by atoms with van der Waals surface area (Å²) in [6.45, 7) is 6.38. The average Bonchev–Trinajstić information content (AvgIpc) is 2.66. The van der Waals surface area contributed by atoms with Gasteiger partial charge in [-0.25, -0.2) is 0 Å². The van der Waals surface area contributed by atoms with E-state index in [2.05, 4.69) is 90.3 Å². The molecule has 1 aromatic heterocycles. The Balaban J connectivity index is 1.88. The molecule has 0 saturated carbocycles. The first kappa shape index (κ1) is 14.9. The van der Waals surface area contributed by atoms with E-state index in [0.717, 1.165) is 19.5 Å². The number of benzene rings is 2. The Labute approximate surface area is 143 Å². The van der Waals surface area contributed by atoms with Crippen LogP contribution in [0.4, 0.5) is 5.69 Å². The Bertz CT molecular complexity index is 924. The molecule has 2 heterocycles. The summed E-state index contributed by atoms with van der Waals surface area (Å²) in [5.74, 6) is 0. The molecule has 1 aliphatic heterocycles. The van der Waals surface area contributed by atoms with Crippen LogP contribution in [0.15, 0.2) is 67.0 Å². The van der Waals surface area contributed by atoms with E-state index in [-0.39, 0.29) is 0 Å². The van der Waals surface area contributed by atoms with Crippen LogP contribution in [-0.4, -0.2) is 6.54 Å². The van der Waals surface area contributed by atoms with E-state index in [9.17, 15) is 0 Å². The molecule has 0 spiro atoms. The van der Waals surface area contributed by atoms with Crippen molar-refractivity contribution in [1.29, 1.82) is 0 Å². The van der Waals surface area contributed by atoms with Crippen molar-refractivity contribution >= 4 is 22.2 Å². The molecule has 2 nitrogen and oxygen atoms in total. The number of aryl methyl sites for hydroxylation is 1. The highest BCUT2D eigenvalue weighted by Gasteiger charge is 2.20. The molecule has 2 heteroatoms. The maximum atomic E-state index is 2.36. The topological polar surface area (TPSA) is 7.12 Å². The first-order valence-electron chi connectivity index (χ1n) is 8.78. The fourth-order valence-corrected chi connectivity index (χ4v) is 3.72. The number of hydrogen-bond acceptors (Lipinski definition) is 1. The lowest BCUT2D eigenvalue weighted by Crippen LogP contribution is -2.33. The van der Waals surface area contributed by atoms with Crippen molar-refractivity contribution in [3.8, 4) is 0 Å². The van der Waals surface area contributed by atoms with E-state index in [1.165, 1.54) is 33.3 Å². The third kappa shape index (κ3) is 2.39. The van der Waals surface area contributed by atoms with Gasteiger partial charge in [0.1, 0.15) is 6.54 Å². The second kappa shape index (κ2) is 6.12. The fourth-order valence-electron chi connectivity index (χ4n) is 3.72. The molecule has 0 fully saturated rings. The molecule has 0 radical (unpaired) electrons. The van der Waals surface area contributed by atoms with Crippen molar-refractivity contribution in [2.45, 2.75) is 26.8 Å². The van der Waals surface area contributed by atoms with Gasteiger partial charge in [0, 0.05) is 37.0 Å². The van der Waals surface area contributed by atoms with Gasteiger partial charge in [0.2, 0.25) is 5.52 Å².